The molecule has 7 heteroatoms. The molecule has 2 N–H and O–H groups in total. The molecule has 152 valence electrons. The lowest BCUT2D eigenvalue weighted by Gasteiger charge is -2.20. The summed E-state index contributed by atoms with van der Waals surface area (Å²) in [5.74, 6) is 1.53. The summed E-state index contributed by atoms with van der Waals surface area (Å²) in [6.07, 6.45) is 2.27. The highest BCUT2D eigenvalue weighted by Crippen LogP contribution is 2.25. The molecule has 1 fully saturated rings. The van der Waals surface area contributed by atoms with Gasteiger partial charge in [0.15, 0.2) is 5.96 Å². The van der Waals surface area contributed by atoms with Crippen molar-refractivity contribution >= 4 is 27.6 Å². The van der Waals surface area contributed by atoms with Crippen LogP contribution in [0, 0.1) is 5.92 Å². The summed E-state index contributed by atoms with van der Waals surface area (Å²) in [7, 11) is 5.72. The fourth-order valence-electron chi connectivity index (χ4n) is 3.32. The van der Waals surface area contributed by atoms with Crippen LogP contribution in [-0.2, 0) is 4.74 Å². The minimum Gasteiger partial charge on any atom is -0.385 e. The van der Waals surface area contributed by atoms with Crippen LogP contribution in [0.15, 0.2) is 33.7 Å². The number of halogens is 1. The van der Waals surface area contributed by atoms with Gasteiger partial charge in [-0.25, -0.2) is 0 Å². The largest absolute Gasteiger partial charge is 0.385 e. The van der Waals surface area contributed by atoms with Gasteiger partial charge in [0.2, 0.25) is 0 Å². The molecule has 2 rings (SSSR count). The van der Waals surface area contributed by atoms with Crippen LogP contribution in [0.1, 0.15) is 12.8 Å². The molecule has 0 amide bonds. The first-order valence-electron chi connectivity index (χ1n) is 9.75. The molecule has 1 saturated heterocycles. The first kappa shape index (κ1) is 22.0. The number of likely N-dealkylation sites (N-methyl/N-ethyl adjacent to an activating group) is 1. The number of methoxy groups -OCH3 is 1. The molecular formula is C20H34BrN5O. The van der Waals surface area contributed by atoms with E-state index in [0.717, 1.165) is 62.7 Å². The Morgan fingerprint density at radius 2 is 2.22 bits per heavy atom. The maximum Gasteiger partial charge on any atom is 0.191 e. The summed E-state index contributed by atoms with van der Waals surface area (Å²) in [5.41, 5.74) is 1.30. The number of aliphatic imine (C=N–C) groups is 1. The van der Waals surface area contributed by atoms with Crippen LogP contribution in [0.2, 0.25) is 0 Å². The molecule has 0 aromatic heterocycles. The lowest BCUT2D eigenvalue weighted by Crippen LogP contribution is -2.43. The fraction of sp³-hybridized carbons (Fsp3) is 0.650. The highest BCUT2D eigenvalue weighted by Gasteiger charge is 2.22. The minimum atomic E-state index is 0.638. The lowest BCUT2D eigenvalue weighted by atomic mass is 10.1. The van der Waals surface area contributed by atoms with Crippen LogP contribution >= 0.6 is 15.9 Å². The summed E-state index contributed by atoms with van der Waals surface area (Å²) in [6, 6.07) is 8.55. The summed E-state index contributed by atoms with van der Waals surface area (Å²) >= 11 is 3.56. The Bertz CT molecular complexity index is 583. The molecule has 0 saturated carbocycles. The molecule has 0 spiro atoms. The Kier molecular flexibility index (Phi) is 9.94. The van der Waals surface area contributed by atoms with Crippen molar-refractivity contribution in [1.29, 1.82) is 0 Å². The summed E-state index contributed by atoms with van der Waals surface area (Å²) in [6.45, 7) is 6.90. The number of nitrogens with zero attached hydrogens (tertiary/aromatic N) is 3. The molecule has 27 heavy (non-hydrogen) atoms. The molecule has 0 bridgehead atoms. The van der Waals surface area contributed by atoms with Gasteiger partial charge in [-0.3, -0.25) is 4.99 Å². The van der Waals surface area contributed by atoms with E-state index in [4.69, 9.17) is 4.74 Å². The molecule has 1 heterocycles. The Labute approximate surface area is 172 Å². The van der Waals surface area contributed by atoms with Crippen molar-refractivity contribution in [2.75, 3.05) is 72.0 Å². The normalized spacial score (nSPS) is 17.6. The van der Waals surface area contributed by atoms with Gasteiger partial charge in [-0.2, -0.15) is 0 Å². The zero-order valence-electron chi connectivity index (χ0n) is 16.9. The van der Waals surface area contributed by atoms with E-state index in [-0.39, 0.29) is 0 Å². The summed E-state index contributed by atoms with van der Waals surface area (Å²) in [5, 5.41) is 6.90. The molecule has 0 aliphatic carbocycles. The zero-order chi connectivity index (χ0) is 19.5. The molecule has 1 aromatic carbocycles. The second-order valence-corrected chi connectivity index (χ2v) is 8.03. The minimum absolute atomic E-state index is 0.638. The molecule has 1 atom stereocenters. The Morgan fingerprint density at radius 1 is 1.37 bits per heavy atom. The third-order valence-corrected chi connectivity index (χ3v) is 5.41. The lowest BCUT2D eigenvalue weighted by molar-refractivity contribution is 0.180. The fourth-order valence-corrected chi connectivity index (χ4v) is 3.71. The molecule has 1 aliphatic heterocycles. The predicted octanol–water partition coefficient (Wildman–Crippen LogP) is 2.41. The Morgan fingerprint density at radius 3 is 2.96 bits per heavy atom. The number of anilines is 1. The van der Waals surface area contributed by atoms with Crippen LogP contribution in [-0.4, -0.2) is 77.9 Å². The average Bonchev–Trinajstić information content (AvgIpc) is 3.14. The van der Waals surface area contributed by atoms with E-state index in [1.165, 1.54) is 12.1 Å². The number of rotatable bonds is 10. The highest BCUT2D eigenvalue weighted by molar-refractivity contribution is 9.10. The van der Waals surface area contributed by atoms with Crippen LogP contribution in [0.4, 0.5) is 5.69 Å². The van der Waals surface area contributed by atoms with Crippen molar-refractivity contribution in [3.05, 3.63) is 28.7 Å². The molecule has 6 nitrogen and oxygen atoms in total. The van der Waals surface area contributed by atoms with Gasteiger partial charge >= 0.3 is 0 Å². The second kappa shape index (κ2) is 12.2. The van der Waals surface area contributed by atoms with E-state index >= 15 is 0 Å². The summed E-state index contributed by atoms with van der Waals surface area (Å²) < 4.78 is 6.23. The van der Waals surface area contributed by atoms with Gasteiger partial charge in [-0.05, 0) is 44.0 Å². The Balaban J connectivity index is 1.64. The first-order chi connectivity index (χ1) is 13.1. The standard InChI is InChI=1S/C20H34BrN5O/c1-22-20(23-9-12-25(2)10-5-13-27-3)24-15-17-8-11-26(16-17)19-7-4-6-18(21)14-19/h4,6-7,14,17H,5,8-13,15-16H2,1-3H3,(H2,22,23,24). The van der Waals surface area contributed by atoms with Crippen molar-refractivity contribution < 1.29 is 4.74 Å². The van der Waals surface area contributed by atoms with Gasteiger partial charge in [0.1, 0.15) is 0 Å². The maximum atomic E-state index is 5.10. The number of hydrogen-bond acceptors (Lipinski definition) is 4. The van der Waals surface area contributed by atoms with Crippen molar-refractivity contribution in [1.82, 2.24) is 15.5 Å². The monoisotopic (exact) mass is 439 g/mol. The topological polar surface area (TPSA) is 52.1 Å². The van der Waals surface area contributed by atoms with Crippen molar-refractivity contribution in [2.45, 2.75) is 12.8 Å². The maximum absolute atomic E-state index is 5.10. The third kappa shape index (κ3) is 8.07. The summed E-state index contributed by atoms with van der Waals surface area (Å²) in [4.78, 5) is 9.12. The van der Waals surface area contributed by atoms with Crippen molar-refractivity contribution in [3.63, 3.8) is 0 Å². The van der Waals surface area contributed by atoms with E-state index in [1.807, 2.05) is 7.05 Å². The van der Waals surface area contributed by atoms with Gasteiger partial charge in [-0.15, -0.1) is 0 Å². The van der Waals surface area contributed by atoms with E-state index in [2.05, 4.69) is 72.7 Å². The molecule has 1 unspecified atom stereocenters. The van der Waals surface area contributed by atoms with Gasteiger partial charge in [-0.1, -0.05) is 22.0 Å². The number of benzene rings is 1. The zero-order valence-corrected chi connectivity index (χ0v) is 18.5. The SMILES string of the molecule is CN=C(NCCN(C)CCCOC)NCC1CCN(c2cccc(Br)c2)C1. The molecular weight excluding hydrogens is 406 g/mol. The van der Waals surface area contributed by atoms with E-state index < -0.39 is 0 Å². The number of nitrogens with one attached hydrogen (secondary N) is 2. The van der Waals surface area contributed by atoms with Crippen LogP contribution in [0.3, 0.4) is 0 Å². The molecule has 1 aromatic rings. The quantitative estimate of drug-likeness (QED) is 0.333. The van der Waals surface area contributed by atoms with E-state index in [9.17, 15) is 0 Å². The smallest absolute Gasteiger partial charge is 0.191 e. The second-order valence-electron chi connectivity index (χ2n) is 7.11. The number of ether oxygens (including phenoxy) is 1. The number of guanidine groups is 1. The van der Waals surface area contributed by atoms with Crippen LogP contribution in [0.5, 0.6) is 0 Å². The molecule has 1 aliphatic rings. The average molecular weight is 440 g/mol. The van der Waals surface area contributed by atoms with Gasteiger partial charge in [0.25, 0.3) is 0 Å². The predicted molar refractivity (Wildman–Crippen MR) is 118 cm³/mol. The van der Waals surface area contributed by atoms with Gasteiger partial charge in [0, 0.05) is 70.2 Å². The number of hydrogen-bond donors (Lipinski definition) is 2. The first-order valence-corrected chi connectivity index (χ1v) is 10.5. The van der Waals surface area contributed by atoms with Gasteiger partial charge in [0.05, 0.1) is 0 Å². The molecule has 0 radical (unpaired) electrons. The van der Waals surface area contributed by atoms with Crippen LogP contribution < -0.4 is 15.5 Å². The Hall–Kier alpha value is -1.31. The van der Waals surface area contributed by atoms with Crippen molar-refractivity contribution in [3.8, 4) is 0 Å². The van der Waals surface area contributed by atoms with E-state index in [1.54, 1.807) is 7.11 Å². The van der Waals surface area contributed by atoms with E-state index in [0.29, 0.717) is 5.92 Å². The third-order valence-electron chi connectivity index (χ3n) is 4.92. The van der Waals surface area contributed by atoms with Gasteiger partial charge < -0.3 is 25.2 Å². The van der Waals surface area contributed by atoms with Crippen LogP contribution in [0.25, 0.3) is 0 Å². The van der Waals surface area contributed by atoms with Crippen molar-refractivity contribution in [2.24, 2.45) is 10.9 Å². The highest BCUT2D eigenvalue weighted by atomic mass is 79.9.